The van der Waals surface area contributed by atoms with E-state index in [9.17, 15) is 14.0 Å². The first-order valence-electron chi connectivity index (χ1n) is 8.75. The molecular formula is C20H22FN3O2. The van der Waals surface area contributed by atoms with E-state index in [2.05, 4.69) is 17.1 Å². The van der Waals surface area contributed by atoms with Crippen molar-refractivity contribution in [1.29, 1.82) is 0 Å². The molecule has 1 aliphatic rings. The number of benzene rings is 2. The molecule has 2 aromatic carbocycles. The minimum atomic E-state index is -0.419. The fourth-order valence-electron chi connectivity index (χ4n) is 3.01. The number of piperazine rings is 1. The van der Waals surface area contributed by atoms with Crippen LogP contribution in [0.3, 0.4) is 0 Å². The molecule has 0 unspecified atom stereocenters. The largest absolute Gasteiger partial charge is 0.336 e. The number of hydrogen-bond donors (Lipinski definition) is 1. The van der Waals surface area contributed by atoms with E-state index in [-0.39, 0.29) is 11.8 Å². The molecule has 0 aromatic heterocycles. The van der Waals surface area contributed by atoms with Gasteiger partial charge < -0.3 is 15.1 Å². The monoisotopic (exact) mass is 355 g/mol. The number of rotatable bonds is 4. The molecule has 2 amide bonds. The minimum absolute atomic E-state index is 0.0684. The molecule has 0 saturated carbocycles. The first kappa shape index (κ1) is 18.1. The summed E-state index contributed by atoms with van der Waals surface area (Å²) in [6.45, 7) is 6.19. The van der Waals surface area contributed by atoms with Crippen LogP contribution in [-0.4, -0.2) is 54.3 Å². The smallest absolute Gasteiger partial charge is 0.255 e. The molecule has 0 atom stereocenters. The van der Waals surface area contributed by atoms with Gasteiger partial charge in [0.1, 0.15) is 5.82 Å². The molecule has 0 bridgehead atoms. The van der Waals surface area contributed by atoms with Crippen LogP contribution < -0.4 is 5.32 Å². The van der Waals surface area contributed by atoms with Crippen molar-refractivity contribution in [1.82, 2.24) is 9.80 Å². The predicted molar refractivity (Wildman–Crippen MR) is 98.8 cm³/mol. The van der Waals surface area contributed by atoms with Crippen molar-refractivity contribution in [2.24, 2.45) is 0 Å². The molecule has 0 radical (unpaired) electrons. The third kappa shape index (κ3) is 4.26. The Morgan fingerprint density at radius 2 is 1.69 bits per heavy atom. The molecule has 5 nitrogen and oxygen atoms in total. The van der Waals surface area contributed by atoms with Gasteiger partial charge in [-0.05, 0) is 42.9 Å². The van der Waals surface area contributed by atoms with Crippen molar-refractivity contribution >= 4 is 17.5 Å². The standard InChI is InChI=1S/C20H22FN3O2/c1-2-23-9-11-24(12-10-23)20(26)16-6-3-5-15(13-16)19(25)22-18-8-4-7-17(21)14-18/h3-8,13-14H,2,9-12H2,1H3,(H,22,25). The average molecular weight is 355 g/mol. The molecule has 1 heterocycles. The summed E-state index contributed by atoms with van der Waals surface area (Å²) in [5, 5.41) is 2.65. The Labute approximate surface area is 152 Å². The molecule has 3 rings (SSSR count). The van der Waals surface area contributed by atoms with Gasteiger partial charge in [0.25, 0.3) is 11.8 Å². The van der Waals surface area contributed by atoms with E-state index >= 15 is 0 Å². The zero-order valence-corrected chi connectivity index (χ0v) is 14.7. The fraction of sp³-hybridized carbons (Fsp3) is 0.300. The lowest BCUT2D eigenvalue weighted by atomic mass is 10.1. The Balaban J connectivity index is 1.69. The van der Waals surface area contributed by atoms with Crippen molar-refractivity contribution in [2.45, 2.75) is 6.92 Å². The highest BCUT2D eigenvalue weighted by Crippen LogP contribution is 2.14. The molecule has 2 aromatic rings. The van der Waals surface area contributed by atoms with E-state index in [4.69, 9.17) is 0 Å². The summed E-state index contributed by atoms with van der Waals surface area (Å²) in [7, 11) is 0. The Kier molecular flexibility index (Phi) is 5.63. The van der Waals surface area contributed by atoms with Gasteiger partial charge in [0.15, 0.2) is 0 Å². The van der Waals surface area contributed by atoms with E-state index in [0.717, 1.165) is 19.6 Å². The van der Waals surface area contributed by atoms with Gasteiger partial charge in [0.2, 0.25) is 0 Å². The summed E-state index contributed by atoms with van der Waals surface area (Å²) >= 11 is 0. The number of nitrogens with zero attached hydrogens (tertiary/aromatic N) is 2. The quantitative estimate of drug-likeness (QED) is 0.918. The maximum atomic E-state index is 13.2. The van der Waals surface area contributed by atoms with Gasteiger partial charge in [-0.3, -0.25) is 9.59 Å². The Morgan fingerprint density at radius 1 is 1.00 bits per heavy atom. The molecule has 1 fully saturated rings. The number of anilines is 1. The van der Waals surface area contributed by atoms with Crippen LogP contribution in [0.2, 0.25) is 0 Å². The van der Waals surface area contributed by atoms with Crippen molar-refractivity contribution in [3.05, 3.63) is 65.5 Å². The molecule has 6 heteroatoms. The van der Waals surface area contributed by atoms with Crippen molar-refractivity contribution in [3.8, 4) is 0 Å². The lowest BCUT2D eigenvalue weighted by Crippen LogP contribution is -2.48. The number of carbonyl (C=O) groups excluding carboxylic acids is 2. The lowest BCUT2D eigenvalue weighted by Gasteiger charge is -2.34. The third-order valence-electron chi connectivity index (χ3n) is 4.56. The van der Waals surface area contributed by atoms with Crippen molar-refractivity contribution in [2.75, 3.05) is 38.0 Å². The van der Waals surface area contributed by atoms with Crippen LogP contribution in [0.15, 0.2) is 48.5 Å². The third-order valence-corrected chi connectivity index (χ3v) is 4.56. The summed E-state index contributed by atoms with van der Waals surface area (Å²) < 4.78 is 13.2. The average Bonchev–Trinajstić information content (AvgIpc) is 2.67. The topological polar surface area (TPSA) is 52.7 Å². The van der Waals surface area contributed by atoms with Crippen LogP contribution in [0, 0.1) is 5.82 Å². The molecule has 0 spiro atoms. The number of amides is 2. The summed E-state index contributed by atoms with van der Waals surface area (Å²) in [6, 6.07) is 12.3. The van der Waals surface area contributed by atoms with Gasteiger partial charge in [0.05, 0.1) is 0 Å². The van der Waals surface area contributed by atoms with Crippen molar-refractivity contribution < 1.29 is 14.0 Å². The number of halogens is 1. The maximum absolute atomic E-state index is 13.2. The van der Waals surface area contributed by atoms with E-state index in [1.807, 2.05) is 4.90 Å². The normalized spacial score (nSPS) is 14.9. The predicted octanol–water partition coefficient (Wildman–Crippen LogP) is 2.86. The number of hydrogen-bond acceptors (Lipinski definition) is 3. The molecule has 1 aliphatic heterocycles. The maximum Gasteiger partial charge on any atom is 0.255 e. The molecule has 0 aliphatic carbocycles. The molecular weight excluding hydrogens is 333 g/mol. The van der Waals surface area contributed by atoms with Gasteiger partial charge in [-0.15, -0.1) is 0 Å². The highest BCUT2D eigenvalue weighted by atomic mass is 19.1. The van der Waals surface area contributed by atoms with Crippen LogP contribution in [-0.2, 0) is 0 Å². The second kappa shape index (κ2) is 8.10. The zero-order chi connectivity index (χ0) is 18.5. The van der Waals surface area contributed by atoms with Crippen LogP contribution >= 0.6 is 0 Å². The molecule has 26 heavy (non-hydrogen) atoms. The van der Waals surface area contributed by atoms with E-state index < -0.39 is 5.82 Å². The van der Waals surface area contributed by atoms with Crippen LogP contribution in [0.25, 0.3) is 0 Å². The van der Waals surface area contributed by atoms with Gasteiger partial charge in [-0.2, -0.15) is 0 Å². The van der Waals surface area contributed by atoms with E-state index in [1.54, 1.807) is 30.3 Å². The lowest BCUT2D eigenvalue weighted by molar-refractivity contribution is 0.0643. The molecule has 1 N–H and O–H groups in total. The Bertz CT molecular complexity index is 801. The van der Waals surface area contributed by atoms with Crippen molar-refractivity contribution in [3.63, 3.8) is 0 Å². The summed E-state index contributed by atoms with van der Waals surface area (Å²) in [6.07, 6.45) is 0. The van der Waals surface area contributed by atoms with Crippen LogP contribution in [0.4, 0.5) is 10.1 Å². The fourth-order valence-corrected chi connectivity index (χ4v) is 3.01. The minimum Gasteiger partial charge on any atom is -0.336 e. The van der Waals surface area contributed by atoms with Crippen LogP contribution in [0.5, 0.6) is 0 Å². The SMILES string of the molecule is CCN1CCN(C(=O)c2cccc(C(=O)Nc3cccc(F)c3)c2)CC1. The summed E-state index contributed by atoms with van der Waals surface area (Å²) in [4.78, 5) is 29.2. The van der Waals surface area contributed by atoms with E-state index in [0.29, 0.717) is 29.9 Å². The zero-order valence-electron chi connectivity index (χ0n) is 14.7. The first-order chi connectivity index (χ1) is 12.6. The van der Waals surface area contributed by atoms with Gasteiger partial charge in [0, 0.05) is 43.0 Å². The first-order valence-corrected chi connectivity index (χ1v) is 8.75. The molecule has 1 saturated heterocycles. The Hall–Kier alpha value is -2.73. The van der Waals surface area contributed by atoms with Crippen LogP contribution in [0.1, 0.15) is 27.6 Å². The highest BCUT2D eigenvalue weighted by molar-refractivity contribution is 6.06. The number of nitrogens with one attached hydrogen (secondary N) is 1. The highest BCUT2D eigenvalue weighted by Gasteiger charge is 2.22. The Morgan fingerprint density at radius 3 is 2.38 bits per heavy atom. The molecule has 136 valence electrons. The second-order valence-electron chi connectivity index (χ2n) is 6.27. The van der Waals surface area contributed by atoms with E-state index in [1.165, 1.54) is 18.2 Å². The van der Waals surface area contributed by atoms with Gasteiger partial charge >= 0.3 is 0 Å². The van der Waals surface area contributed by atoms with Gasteiger partial charge in [-0.25, -0.2) is 4.39 Å². The number of carbonyl (C=O) groups is 2. The number of likely N-dealkylation sites (N-methyl/N-ethyl adjacent to an activating group) is 1. The van der Waals surface area contributed by atoms with Gasteiger partial charge in [-0.1, -0.05) is 19.1 Å². The second-order valence-corrected chi connectivity index (χ2v) is 6.27. The summed E-state index contributed by atoms with van der Waals surface area (Å²) in [5.41, 5.74) is 1.23. The summed E-state index contributed by atoms with van der Waals surface area (Å²) in [5.74, 6) is -0.861.